The largest absolute Gasteiger partial charge is 0.417 e. The van der Waals surface area contributed by atoms with Crippen LogP contribution in [0.15, 0.2) is 24.3 Å². The summed E-state index contributed by atoms with van der Waals surface area (Å²) in [6, 6.07) is 4.52. The van der Waals surface area contributed by atoms with Gasteiger partial charge in [-0.1, -0.05) is 11.6 Å². The van der Waals surface area contributed by atoms with Crippen LogP contribution in [0.3, 0.4) is 0 Å². The zero-order chi connectivity index (χ0) is 19.3. The molecule has 0 aliphatic carbocycles. The van der Waals surface area contributed by atoms with E-state index in [-0.39, 0.29) is 11.4 Å². The van der Waals surface area contributed by atoms with E-state index >= 15 is 0 Å². The van der Waals surface area contributed by atoms with Crippen LogP contribution in [-0.4, -0.2) is 36.1 Å². The monoisotopic (exact) mass is 388 g/mol. The zero-order valence-corrected chi connectivity index (χ0v) is 14.7. The Morgan fingerprint density at radius 3 is 2.65 bits per heavy atom. The fourth-order valence-corrected chi connectivity index (χ4v) is 2.30. The molecule has 0 unspecified atom stereocenters. The molecule has 0 saturated carbocycles. The molecule has 0 spiro atoms. The van der Waals surface area contributed by atoms with Gasteiger partial charge in [0.1, 0.15) is 17.3 Å². The van der Waals surface area contributed by atoms with Gasteiger partial charge in [0.25, 0.3) is 5.91 Å². The van der Waals surface area contributed by atoms with Crippen molar-refractivity contribution in [2.45, 2.75) is 13.1 Å². The topological polar surface area (TPSA) is 76.1 Å². The van der Waals surface area contributed by atoms with Crippen molar-refractivity contribution in [3.8, 4) is 0 Å². The van der Waals surface area contributed by atoms with E-state index in [0.29, 0.717) is 24.8 Å². The van der Waals surface area contributed by atoms with Gasteiger partial charge in [-0.25, -0.2) is 9.97 Å². The van der Waals surface area contributed by atoms with Gasteiger partial charge in [-0.05, 0) is 25.1 Å². The Hall–Kier alpha value is -2.39. The number of hydrogen-bond acceptors (Lipinski definition) is 5. The van der Waals surface area contributed by atoms with E-state index in [0.717, 1.165) is 12.1 Å². The number of benzene rings is 1. The van der Waals surface area contributed by atoms with Crippen LogP contribution >= 0.6 is 11.6 Å². The third kappa shape index (κ3) is 5.30. The number of anilines is 2. The number of amides is 1. The van der Waals surface area contributed by atoms with Gasteiger partial charge < -0.3 is 15.4 Å². The van der Waals surface area contributed by atoms with Crippen LogP contribution in [0.4, 0.5) is 24.7 Å². The maximum Gasteiger partial charge on any atom is 0.417 e. The maximum absolute atomic E-state index is 12.9. The summed E-state index contributed by atoms with van der Waals surface area (Å²) in [5.74, 6) is 0.0807. The number of aromatic nitrogens is 2. The number of nitrogens with zero attached hydrogens (tertiary/aromatic N) is 2. The van der Waals surface area contributed by atoms with Crippen molar-refractivity contribution in [2.75, 3.05) is 30.9 Å². The fourth-order valence-electron chi connectivity index (χ4n) is 2.07. The summed E-state index contributed by atoms with van der Waals surface area (Å²) in [4.78, 5) is 20.5. The number of carbonyl (C=O) groups is 1. The first-order chi connectivity index (χ1) is 12.2. The van der Waals surface area contributed by atoms with Crippen molar-refractivity contribution in [3.05, 3.63) is 46.4 Å². The third-order valence-electron chi connectivity index (χ3n) is 3.21. The second kappa shape index (κ2) is 8.33. The molecule has 0 aliphatic rings. The van der Waals surface area contributed by atoms with Gasteiger partial charge >= 0.3 is 6.18 Å². The highest BCUT2D eigenvalue weighted by molar-refractivity contribution is 6.31. The van der Waals surface area contributed by atoms with E-state index in [1.165, 1.54) is 12.1 Å². The number of hydrogen-bond donors (Lipinski definition) is 2. The molecular weight excluding hydrogens is 373 g/mol. The van der Waals surface area contributed by atoms with Crippen LogP contribution in [0.1, 0.15) is 21.9 Å². The lowest BCUT2D eigenvalue weighted by Crippen LogP contribution is -2.17. The van der Waals surface area contributed by atoms with E-state index < -0.39 is 22.7 Å². The van der Waals surface area contributed by atoms with Gasteiger partial charge in [0, 0.05) is 25.4 Å². The van der Waals surface area contributed by atoms with E-state index in [4.69, 9.17) is 16.3 Å². The summed E-state index contributed by atoms with van der Waals surface area (Å²) in [6.07, 6.45) is -4.62. The number of ether oxygens (including phenoxy) is 1. The number of halogens is 4. The first-order valence-corrected chi connectivity index (χ1v) is 7.85. The molecule has 10 heteroatoms. The Labute approximate surface area is 152 Å². The smallest absolute Gasteiger partial charge is 0.383 e. The van der Waals surface area contributed by atoms with Crippen LogP contribution < -0.4 is 10.6 Å². The number of aryl methyl sites for hydroxylation is 1. The zero-order valence-electron chi connectivity index (χ0n) is 13.9. The summed E-state index contributed by atoms with van der Waals surface area (Å²) >= 11 is 5.56. The molecule has 0 radical (unpaired) electrons. The first-order valence-electron chi connectivity index (χ1n) is 7.47. The highest BCUT2D eigenvalue weighted by Gasteiger charge is 2.33. The predicted molar refractivity (Wildman–Crippen MR) is 91.5 cm³/mol. The number of methoxy groups -OCH3 is 1. The lowest BCUT2D eigenvalue weighted by molar-refractivity contribution is -0.137. The number of nitrogens with one attached hydrogen (secondary N) is 2. The van der Waals surface area contributed by atoms with E-state index in [2.05, 4.69) is 20.6 Å². The van der Waals surface area contributed by atoms with Gasteiger partial charge in [0.05, 0.1) is 17.2 Å². The van der Waals surface area contributed by atoms with Crippen molar-refractivity contribution in [3.63, 3.8) is 0 Å². The molecule has 0 saturated heterocycles. The summed E-state index contributed by atoms with van der Waals surface area (Å²) in [5, 5.41) is 4.89. The van der Waals surface area contributed by atoms with E-state index in [9.17, 15) is 18.0 Å². The van der Waals surface area contributed by atoms with Crippen LogP contribution in [0, 0.1) is 6.92 Å². The van der Waals surface area contributed by atoms with Crippen LogP contribution in [-0.2, 0) is 10.9 Å². The van der Waals surface area contributed by atoms with Crippen molar-refractivity contribution in [2.24, 2.45) is 0 Å². The molecule has 0 aliphatic heterocycles. The fraction of sp³-hybridized carbons (Fsp3) is 0.312. The molecule has 1 heterocycles. The third-order valence-corrected chi connectivity index (χ3v) is 3.54. The SMILES string of the molecule is COCCNc1cc(C(=O)Nc2ccc(Cl)c(C(F)(F)F)c2)nc(C)n1. The quantitative estimate of drug-likeness (QED) is 0.737. The van der Waals surface area contributed by atoms with Gasteiger partial charge in [-0.2, -0.15) is 13.2 Å². The van der Waals surface area contributed by atoms with Gasteiger partial charge in [0.2, 0.25) is 0 Å². The van der Waals surface area contributed by atoms with Gasteiger partial charge in [-0.15, -0.1) is 0 Å². The standard InChI is InChI=1S/C16H16ClF3N4O2/c1-9-22-13(8-14(23-9)21-5-6-26-2)15(25)24-10-3-4-12(17)11(7-10)16(18,19)20/h3-4,7-8H,5-6H2,1-2H3,(H,24,25)(H,21,22,23). The maximum atomic E-state index is 12.9. The summed E-state index contributed by atoms with van der Waals surface area (Å²) in [7, 11) is 1.55. The molecule has 2 aromatic rings. The minimum Gasteiger partial charge on any atom is -0.383 e. The molecule has 140 valence electrons. The number of rotatable bonds is 6. The molecule has 0 bridgehead atoms. The summed E-state index contributed by atoms with van der Waals surface area (Å²) in [5.41, 5.74) is -1.06. The van der Waals surface area contributed by atoms with Gasteiger partial charge in [-0.3, -0.25) is 4.79 Å². The molecule has 1 aromatic heterocycles. The van der Waals surface area contributed by atoms with Crippen molar-refractivity contribution in [1.82, 2.24) is 9.97 Å². The minimum absolute atomic E-state index is 0.0147. The van der Waals surface area contributed by atoms with Crippen LogP contribution in [0.5, 0.6) is 0 Å². The Morgan fingerprint density at radius 2 is 2.00 bits per heavy atom. The molecule has 1 aromatic carbocycles. The lowest BCUT2D eigenvalue weighted by Gasteiger charge is -2.12. The molecule has 0 fully saturated rings. The predicted octanol–water partition coefficient (Wildman–Crippen LogP) is 3.77. The molecule has 2 rings (SSSR count). The lowest BCUT2D eigenvalue weighted by atomic mass is 10.2. The van der Waals surface area contributed by atoms with E-state index in [1.54, 1.807) is 14.0 Å². The molecule has 1 amide bonds. The van der Waals surface area contributed by atoms with Gasteiger partial charge in [0.15, 0.2) is 0 Å². The molecule has 6 nitrogen and oxygen atoms in total. The Kier molecular flexibility index (Phi) is 6.38. The average Bonchev–Trinajstić information content (AvgIpc) is 2.55. The van der Waals surface area contributed by atoms with Crippen molar-refractivity contribution >= 4 is 29.0 Å². The van der Waals surface area contributed by atoms with Crippen LogP contribution in [0.25, 0.3) is 0 Å². The normalized spacial score (nSPS) is 11.3. The van der Waals surface area contributed by atoms with E-state index in [1.807, 2.05) is 0 Å². The average molecular weight is 389 g/mol. The molecular formula is C16H16ClF3N4O2. The Morgan fingerprint density at radius 1 is 1.27 bits per heavy atom. The van der Waals surface area contributed by atoms with Crippen LogP contribution in [0.2, 0.25) is 5.02 Å². The Balaban J connectivity index is 2.20. The molecule has 26 heavy (non-hydrogen) atoms. The summed E-state index contributed by atoms with van der Waals surface area (Å²) in [6.45, 7) is 2.51. The summed E-state index contributed by atoms with van der Waals surface area (Å²) < 4.78 is 43.6. The Bertz CT molecular complexity index is 800. The second-order valence-corrected chi connectivity index (χ2v) is 5.66. The molecule has 2 N–H and O–H groups in total. The second-order valence-electron chi connectivity index (χ2n) is 5.25. The first kappa shape index (κ1) is 19.9. The van der Waals surface area contributed by atoms with Crippen molar-refractivity contribution < 1.29 is 22.7 Å². The number of carbonyl (C=O) groups excluding carboxylic acids is 1. The number of alkyl halides is 3. The highest BCUT2D eigenvalue weighted by Crippen LogP contribution is 2.36. The highest BCUT2D eigenvalue weighted by atomic mass is 35.5. The molecule has 0 atom stereocenters. The minimum atomic E-state index is -4.62. The van der Waals surface area contributed by atoms with Crippen molar-refractivity contribution in [1.29, 1.82) is 0 Å².